The van der Waals surface area contributed by atoms with Gasteiger partial charge in [0.2, 0.25) is 0 Å². The molecule has 0 aliphatic carbocycles. The summed E-state index contributed by atoms with van der Waals surface area (Å²) >= 11 is 0. The number of ether oxygens (including phenoxy) is 1. The first-order valence-electron chi connectivity index (χ1n) is 6.45. The molecule has 96 valence electrons. The number of nitrogens with two attached hydrogens (primary N) is 1. The first-order valence-corrected chi connectivity index (χ1v) is 6.45. The molecule has 3 nitrogen and oxygen atoms in total. The molecule has 0 saturated carbocycles. The van der Waals surface area contributed by atoms with E-state index in [4.69, 9.17) is 10.5 Å². The quantitative estimate of drug-likeness (QED) is 0.798. The van der Waals surface area contributed by atoms with Crippen molar-refractivity contribution < 1.29 is 4.74 Å². The van der Waals surface area contributed by atoms with Gasteiger partial charge in [-0.3, -0.25) is 4.90 Å². The van der Waals surface area contributed by atoms with Gasteiger partial charge >= 0.3 is 0 Å². The van der Waals surface area contributed by atoms with E-state index in [0.29, 0.717) is 12.6 Å². The SMILES string of the molecule is COC(C)C(C)(CN)N1CC(C)CCC1C. The van der Waals surface area contributed by atoms with E-state index in [1.165, 1.54) is 12.8 Å². The summed E-state index contributed by atoms with van der Waals surface area (Å²) in [5.41, 5.74) is 5.96. The van der Waals surface area contributed by atoms with Crippen LogP contribution < -0.4 is 5.73 Å². The van der Waals surface area contributed by atoms with E-state index in [2.05, 4.69) is 32.6 Å². The van der Waals surface area contributed by atoms with Gasteiger partial charge in [0.1, 0.15) is 0 Å². The summed E-state index contributed by atoms with van der Waals surface area (Å²) < 4.78 is 5.52. The van der Waals surface area contributed by atoms with Crippen molar-refractivity contribution >= 4 is 0 Å². The van der Waals surface area contributed by atoms with Crippen LogP contribution in [-0.2, 0) is 4.74 Å². The lowest BCUT2D eigenvalue weighted by atomic mass is 9.85. The molecule has 3 heteroatoms. The minimum atomic E-state index is -0.0388. The highest BCUT2D eigenvalue weighted by atomic mass is 16.5. The third-order valence-corrected chi connectivity index (χ3v) is 4.42. The van der Waals surface area contributed by atoms with Crippen molar-refractivity contribution in [1.82, 2.24) is 4.90 Å². The topological polar surface area (TPSA) is 38.5 Å². The average Bonchev–Trinajstić information content (AvgIpc) is 2.30. The Hall–Kier alpha value is -0.120. The Kier molecular flexibility index (Phi) is 4.77. The molecular weight excluding hydrogens is 200 g/mol. The first kappa shape index (κ1) is 13.9. The second kappa shape index (κ2) is 5.48. The number of likely N-dealkylation sites (tertiary alicyclic amines) is 1. The molecule has 1 rings (SSSR count). The van der Waals surface area contributed by atoms with Crippen molar-refractivity contribution in [3.63, 3.8) is 0 Å². The molecule has 0 aromatic rings. The highest BCUT2D eigenvalue weighted by molar-refractivity contribution is 4.97. The predicted octanol–water partition coefficient (Wildman–Crippen LogP) is 1.86. The van der Waals surface area contributed by atoms with Crippen LogP contribution in [0.3, 0.4) is 0 Å². The van der Waals surface area contributed by atoms with Crippen molar-refractivity contribution in [2.75, 3.05) is 20.2 Å². The van der Waals surface area contributed by atoms with Crippen LogP contribution in [0.15, 0.2) is 0 Å². The average molecular weight is 228 g/mol. The number of methoxy groups -OCH3 is 1. The van der Waals surface area contributed by atoms with Crippen LogP contribution in [0.2, 0.25) is 0 Å². The van der Waals surface area contributed by atoms with Gasteiger partial charge in [0.25, 0.3) is 0 Å². The molecule has 0 amide bonds. The summed E-state index contributed by atoms with van der Waals surface area (Å²) in [7, 11) is 1.77. The van der Waals surface area contributed by atoms with Crippen LogP contribution in [0.5, 0.6) is 0 Å². The summed E-state index contributed by atoms with van der Waals surface area (Å²) in [5, 5.41) is 0. The van der Waals surface area contributed by atoms with Gasteiger partial charge in [-0.15, -0.1) is 0 Å². The monoisotopic (exact) mass is 228 g/mol. The van der Waals surface area contributed by atoms with E-state index >= 15 is 0 Å². The van der Waals surface area contributed by atoms with Crippen molar-refractivity contribution in [2.24, 2.45) is 11.7 Å². The lowest BCUT2D eigenvalue weighted by Crippen LogP contribution is -2.63. The Balaban J connectivity index is 2.84. The fourth-order valence-electron chi connectivity index (χ4n) is 2.77. The van der Waals surface area contributed by atoms with Crippen molar-refractivity contribution in [3.8, 4) is 0 Å². The molecule has 1 aliphatic heterocycles. The lowest BCUT2D eigenvalue weighted by molar-refractivity contribution is -0.0670. The van der Waals surface area contributed by atoms with Crippen LogP contribution in [-0.4, -0.2) is 42.8 Å². The Morgan fingerprint density at radius 3 is 2.56 bits per heavy atom. The van der Waals surface area contributed by atoms with Crippen molar-refractivity contribution in [3.05, 3.63) is 0 Å². The second-order valence-electron chi connectivity index (χ2n) is 5.62. The Bertz CT molecular complexity index is 222. The molecule has 0 spiro atoms. The minimum Gasteiger partial charge on any atom is -0.380 e. The Morgan fingerprint density at radius 2 is 2.06 bits per heavy atom. The predicted molar refractivity (Wildman–Crippen MR) is 68.5 cm³/mol. The van der Waals surface area contributed by atoms with Gasteiger partial charge in [0, 0.05) is 26.2 Å². The van der Waals surface area contributed by atoms with Gasteiger partial charge in [-0.2, -0.15) is 0 Å². The van der Waals surface area contributed by atoms with E-state index in [1.54, 1.807) is 7.11 Å². The van der Waals surface area contributed by atoms with Crippen LogP contribution in [0, 0.1) is 5.92 Å². The van der Waals surface area contributed by atoms with Gasteiger partial charge in [-0.1, -0.05) is 6.92 Å². The van der Waals surface area contributed by atoms with Crippen LogP contribution in [0.1, 0.15) is 40.5 Å². The third kappa shape index (κ3) is 2.58. The molecule has 0 bridgehead atoms. The van der Waals surface area contributed by atoms with E-state index < -0.39 is 0 Å². The standard InChI is InChI=1S/C13H28N2O/c1-10-6-7-11(2)15(8-10)13(4,9-14)12(3)16-5/h10-12H,6-9,14H2,1-5H3. The van der Waals surface area contributed by atoms with Crippen LogP contribution in [0.25, 0.3) is 0 Å². The fraction of sp³-hybridized carbons (Fsp3) is 1.00. The molecule has 2 N–H and O–H groups in total. The first-order chi connectivity index (χ1) is 7.45. The minimum absolute atomic E-state index is 0.0388. The van der Waals surface area contributed by atoms with Crippen molar-refractivity contribution in [2.45, 2.75) is 58.2 Å². The molecule has 0 aromatic carbocycles. The maximum atomic E-state index is 6.00. The van der Waals surface area contributed by atoms with E-state index in [9.17, 15) is 0 Å². The van der Waals surface area contributed by atoms with Gasteiger partial charge in [0.15, 0.2) is 0 Å². The van der Waals surface area contributed by atoms with Crippen LogP contribution in [0.4, 0.5) is 0 Å². The molecule has 0 radical (unpaired) electrons. The zero-order valence-electron chi connectivity index (χ0n) is 11.5. The lowest BCUT2D eigenvalue weighted by Gasteiger charge is -2.50. The molecule has 0 aromatic heterocycles. The molecule has 4 atom stereocenters. The molecule has 1 aliphatic rings. The summed E-state index contributed by atoms with van der Waals surface area (Å²) in [6.07, 6.45) is 2.78. The summed E-state index contributed by atoms with van der Waals surface area (Å²) in [4.78, 5) is 2.55. The van der Waals surface area contributed by atoms with Gasteiger partial charge < -0.3 is 10.5 Å². The summed E-state index contributed by atoms with van der Waals surface area (Å²) in [6, 6.07) is 0.613. The summed E-state index contributed by atoms with van der Waals surface area (Å²) in [6.45, 7) is 10.8. The fourth-order valence-corrected chi connectivity index (χ4v) is 2.77. The maximum absolute atomic E-state index is 6.00. The smallest absolute Gasteiger partial charge is 0.0736 e. The molecular formula is C13H28N2O. The largest absolute Gasteiger partial charge is 0.380 e. The Morgan fingerprint density at radius 1 is 1.44 bits per heavy atom. The number of hydrogen-bond acceptors (Lipinski definition) is 3. The molecule has 1 fully saturated rings. The van der Waals surface area contributed by atoms with Gasteiger partial charge in [-0.05, 0) is 39.5 Å². The van der Waals surface area contributed by atoms with Crippen molar-refractivity contribution in [1.29, 1.82) is 0 Å². The number of hydrogen-bond donors (Lipinski definition) is 1. The summed E-state index contributed by atoms with van der Waals surface area (Å²) in [5.74, 6) is 0.770. The van der Waals surface area contributed by atoms with E-state index in [0.717, 1.165) is 12.5 Å². The molecule has 16 heavy (non-hydrogen) atoms. The zero-order valence-corrected chi connectivity index (χ0v) is 11.5. The highest BCUT2D eigenvalue weighted by Crippen LogP contribution is 2.31. The van der Waals surface area contributed by atoms with E-state index in [-0.39, 0.29) is 11.6 Å². The van der Waals surface area contributed by atoms with Crippen LogP contribution >= 0.6 is 0 Å². The zero-order chi connectivity index (χ0) is 12.3. The van der Waals surface area contributed by atoms with Gasteiger partial charge in [0.05, 0.1) is 11.6 Å². The van der Waals surface area contributed by atoms with E-state index in [1.807, 2.05) is 0 Å². The number of piperidine rings is 1. The second-order valence-corrected chi connectivity index (χ2v) is 5.62. The number of nitrogens with zero attached hydrogens (tertiary/aromatic N) is 1. The number of rotatable bonds is 4. The normalized spacial score (nSPS) is 33.4. The molecule has 1 saturated heterocycles. The maximum Gasteiger partial charge on any atom is 0.0736 e. The third-order valence-electron chi connectivity index (χ3n) is 4.42. The molecule has 4 unspecified atom stereocenters. The van der Waals surface area contributed by atoms with Gasteiger partial charge in [-0.25, -0.2) is 0 Å². The molecule has 1 heterocycles. The Labute approximate surface area is 100 Å². The highest BCUT2D eigenvalue weighted by Gasteiger charge is 2.41.